The van der Waals surface area contributed by atoms with Gasteiger partial charge >= 0.3 is 0 Å². The summed E-state index contributed by atoms with van der Waals surface area (Å²) in [5, 5.41) is 2.15. The number of pyridine rings is 1. The number of hydrogen-bond acceptors (Lipinski definition) is 4. The van der Waals surface area contributed by atoms with Crippen LogP contribution >= 0.6 is 22.9 Å². The van der Waals surface area contributed by atoms with E-state index in [0.717, 1.165) is 17.7 Å². The maximum atomic E-state index is 12.7. The molecule has 2 aromatic heterocycles. The van der Waals surface area contributed by atoms with Crippen molar-refractivity contribution in [2.45, 2.75) is 30.3 Å². The molecule has 3 rings (SSSR count). The van der Waals surface area contributed by atoms with Crippen LogP contribution < -0.4 is 0 Å². The highest BCUT2D eigenvalue weighted by atomic mass is 35.5. The van der Waals surface area contributed by atoms with Gasteiger partial charge in [0.25, 0.3) is 0 Å². The van der Waals surface area contributed by atoms with Crippen LogP contribution in [0.15, 0.2) is 40.7 Å². The second-order valence-corrected chi connectivity index (χ2v) is 7.99. The van der Waals surface area contributed by atoms with Crippen LogP contribution in [0, 0.1) is 0 Å². The summed E-state index contributed by atoms with van der Waals surface area (Å²) in [5.74, 6) is 0. The minimum Gasteiger partial charge on any atom is -0.244 e. The summed E-state index contributed by atoms with van der Waals surface area (Å²) in [5.41, 5.74) is 0. The van der Waals surface area contributed by atoms with Crippen LogP contribution in [0.2, 0.25) is 5.15 Å². The Kier molecular flexibility index (Phi) is 3.81. The Labute approximate surface area is 127 Å². The van der Waals surface area contributed by atoms with Gasteiger partial charge in [0.2, 0.25) is 10.0 Å². The largest absolute Gasteiger partial charge is 0.244 e. The molecular weight excluding hydrogens is 316 g/mol. The van der Waals surface area contributed by atoms with E-state index in [-0.39, 0.29) is 16.1 Å². The summed E-state index contributed by atoms with van der Waals surface area (Å²) in [6, 6.07) is 6.89. The zero-order valence-electron chi connectivity index (χ0n) is 10.6. The molecule has 0 aromatic carbocycles. The van der Waals surface area contributed by atoms with E-state index in [9.17, 15) is 8.42 Å². The van der Waals surface area contributed by atoms with Gasteiger partial charge in [0.15, 0.2) is 0 Å². The van der Waals surface area contributed by atoms with Crippen molar-refractivity contribution < 1.29 is 8.42 Å². The van der Waals surface area contributed by atoms with Crippen molar-refractivity contribution in [3.8, 4) is 0 Å². The minimum absolute atomic E-state index is 0.106. The normalized spacial score (nSPS) is 15.7. The fourth-order valence-electron chi connectivity index (χ4n) is 2.01. The van der Waals surface area contributed by atoms with Gasteiger partial charge in [-0.25, -0.2) is 13.4 Å². The van der Waals surface area contributed by atoms with Crippen LogP contribution in [0.5, 0.6) is 0 Å². The first-order valence-electron chi connectivity index (χ1n) is 6.23. The van der Waals surface area contributed by atoms with Gasteiger partial charge in [0, 0.05) is 23.7 Å². The van der Waals surface area contributed by atoms with Gasteiger partial charge in [-0.3, -0.25) is 0 Å². The minimum atomic E-state index is -3.52. The average molecular weight is 329 g/mol. The Morgan fingerprint density at radius 2 is 2.20 bits per heavy atom. The molecule has 0 aliphatic heterocycles. The lowest BCUT2D eigenvalue weighted by Crippen LogP contribution is -2.32. The molecule has 1 saturated carbocycles. The second kappa shape index (κ2) is 5.44. The maximum absolute atomic E-state index is 12.7. The third kappa shape index (κ3) is 2.88. The van der Waals surface area contributed by atoms with Gasteiger partial charge in [-0.15, -0.1) is 11.3 Å². The Balaban J connectivity index is 1.94. The predicted octanol–water partition coefficient (Wildman–Crippen LogP) is 3.15. The predicted molar refractivity (Wildman–Crippen MR) is 79.3 cm³/mol. The van der Waals surface area contributed by atoms with Crippen molar-refractivity contribution in [3.63, 3.8) is 0 Å². The molecule has 2 aromatic rings. The standard InChI is InChI=1S/C13H13ClN2O2S2/c14-13-8-12(5-6-15-13)20(17,18)16(10-3-4-10)9-11-2-1-7-19-11/h1-2,5-8,10H,3-4,9H2. The second-order valence-electron chi connectivity index (χ2n) is 4.68. The average Bonchev–Trinajstić information content (AvgIpc) is 3.12. The summed E-state index contributed by atoms with van der Waals surface area (Å²) in [7, 11) is -3.52. The highest BCUT2D eigenvalue weighted by molar-refractivity contribution is 7.89. The van der Waals surface area contributed by atoms with Crippen molar-refractivity contribution in [1.29, 1.82) is 0 Å². The van der Waals surface area contributed by atoms with Crippen molar-refractivity contribution in [1.82, 2.24) is 9.29 Å². The first-order chi connectivity index (χ1) is 9.57. The summed E-state index contributed by atoms with van der Waals surface area (Å²) < 4.78 is 27.0. The summed E-state index contributed by atoms with van der Waals surface area (Å²) >= 11 is 7.37. The number of nitrogens with zero attached hydrogens (tertiary/aromatic N) is 2. The Morgan fingerprint density at radius 1 is 1.40 bits per heavy atom. The van der Waals surface area contributed by atoms with Gasteiger partial charge in [0.1, 0.15) is 5.15 Å². The van der Waals surface area contributed by atoms with E-state index in [0.29, 0.717) is 6.54 Å². The lowest BCUT2D eigenvalue weighted by molar-refractivity contribution is 0.401. The Morgan fingerprint density at radius 3 is 2.80 bits per heavy atom. The molecule has 20 heavy (non-hydrogen) atoms. The van der Waals surface area contributed by atoms with Crippen LogP contribution in [0.25, 0.3) is 0 Å². The van der Waals surface area contributed by atoms with E-state index in [4.69, 9.17) is 11.6 Å². The zero-order valence-corrected chi connectivity index (χ0v) is 13.0. The Bertz CT molecular complexity index is 697. The molecule has 0 bridgehead atoms. The van der Waals surface area contributed by atoms with Crippen LogP contribution in [-0.2, 0) is 16.6 Å². The molecule has 0 spiro atoms. The van der Waals surface area contributed by atoms with E-state index in [1.165, 1.54) is 18.3 Å². The first-order valence-corrected chi connectivity index (χ1v) is 8.93. The quantitative estimate of drug-likeness (QED) is 0.792. The highest BCUT2D eigenvalue weighted by Gasteiger charge is 2.38. The lowest BCUT2D eigenvalue weighted by atomic mass is 10.4. The molecule has 106 valence electrons. The fraction of sp³-hybridized carbons (Fsp3) is 0.308. The van der Waals surface area contributed by atoms with E-state index in [1.54, 1.807) is 15.6 Å². The third-order valence-corrected chi connectivity index (χ3v) is 6.11. The molecule has 0 atom stereocenters. The zero-order chi connectivity index (χ0) is 14.2. The molecule has 7 heteroatoms. The van der Waals surface area contributed by atoms with E-state index in [1.807, 2.05) is 17.5 Å². The number of sulfonamides is 1. The van der Waals surface area contributed by atoms with Gasteiger partial charge in [-0.1, -0.05) is 17.7 Å². The third-order valence-electron chi connectivity index (χ3n) is 3.15. The molecular formula is C13H13ClN2O2S2. The molecule has 0 unspecified atom stereocenters. The summed E-state index contributed by atoms with van der Waals surface area (Å²) in [6.45, 7) is 0.421. The van der Waals surface area contributed by atoms with Crippen molar-refractivity contribution in [2.75, 3.05) is 0 Å². The number of rotatable bonds is 5. The monoisotopic (exact) mass is 328 g/mol. The fourth-order valence-corrected chi connectivity index (χ4v) is 4.71. The van der Waals surface area contributed by atoms with Crippen molar-refractivity contribution >= 4 is 33.0 Å². The number of thiophene rings is 1. The van der Waals surface area contributed by atoms with Gasteiger partial charge in [-0.2, -0.15) is 4.31 Å². The first kappa shape index (κ1) is 14.0. The van der Waals surface area contributed by atoms with Gasteiger partial charge < -0.3 is 0 Å². The maximum Gasteiger partial charge on any atom is 0.243 e. The van der Waals surface area contributed by atoms with E-state index < -0.39 is 10.0 Å². The molecule has 1 aliphatic carbocycles. The molecule has 0 N–H and O–H groups in total. The van der Waals surface area contributed by atoms with Gasteiger partial charge in [-0.05, 0) is 36.4 Å². The molecule has 2 heterocycles. The number of aromatic nitrogens is 1. The lowest BCUT2D eigenvalue weighted by Gasteiger charge is -2.21. The summed E-state index contributed by atoms with van der Waals surface area (Å²) in [4.78, 5) is 5.08. The number of halogens is 1. The van der Waals surface area contributed by atoms with Crippen LogP contribution in [0.1, 0.15) is 17.7 Å². The van der Waals surface area contributed by atoms with E-state index in [2.05, 4.69) is 4.98 Å². The Hall–Kier alpha value is -0.950. The number of hydrogen-bond donors (Lipinski definition) is 0. The van der Waals surface area contributed by atoms with Crippen LogP contribution in [-0.4, -0.2) is 23.7 Å². The molecule has 4 nitrogen and oxygen atoms in total. The van der Waals surface area contributed by atoms with Crippen LogP contribution in [0.3, 0.4) is 0 Å². The highest BCUT2D eigenvalue weighted by Crippen LogP contribution is 2.34. The topological polar surface area (TPSA) is 50.3 Å². The van der Waals surface area contributed by atoms with Gasteiger partial charge in [0.05, 0.1) is 4.90 Å². The van der Waals surface area contributed by atoms with E-state index >= 15 is 0 Å². The molecule has 0 saturated heterocycles. The summed E-state index contributed by atoms with van der Waals surface area (Å²) in [6.07, 6.45) is 3.26. The SMILES string of the molecule is O=S(=O)(c1ccnc(Cl)c1)N(Cc1cccs1)C1CC1. The van der Waals surface area contributed by atoms with Crippen molar-refractivity contribution in [2.24, 2.45) is 0 Å². The smallest absolute Gasteiger partial charge is 0.243 e. The molecule has 1 fully saturated rings. The van der Waals surface area contributed by atoms with Crippen LogP contribution in [0.4, 0.5) is 0 Å². The molecule has 0 amide bonds. The molecule has 1 aliphatic rings. The molecule has 0 radical (unpaired) electrons. The van der Waals surface area contributed by atoms with Crippen molar-refractivity contribution in [3.05, 3.63) is 45.9 Å².